The van der Waals surface area contributed by atoms with Crippen molar-refractivity contribution >= 4 is 28.6 Å². The van der Waals surface area contributed by atoms with Crippen molar-refractivity contribution < 1.29 is 8.78 Å². The van der Waals surface area contributed by atoms with Gasteiger partial charge in [0.1, 0.15) is 5.82 Å². The zero-order valence-corrected chi connectivity index (χ0v) is 9.71. The zero-order chi connectivity index (χ0) is 11.5. The molecule has 0 spiro atoms. The van der Waals surface area contributed by atoms with E-state index < -0.39 is 11.6 Å². The second-order valence-electron chi connectivity index (χ2n) is 3.23. The lowest BCUT2D eigenvalue weighted by atomic mass is 10.2. The maximum Gasteiger partial charge on any atom is 0.150 e. The van der Waals surface area contributed by atoms with Crippen LogP contribution in [0.15, 0.2) is 29.0 Å². The highest BCUT2D eigenvalue weighted by molar-refractivity contribution is 7.07. The van der Waals surface area contributed by atoms with Gasteiger partial charge in [0, 0.05) is 12.6 Å². The van der Waals surface area contributed by atoms with E-state index in [1.165, 1.54) is 0 Å². The Morgan fingerprint density at radius 2 is 2.12 bits per heavy atom. The zero-order valence-electron chi connectivity index (χ0n) is 8.14. The van der Waals surface area contributed by atoms with Crippen molar-refractivity contribution in [3.63, 3.8) is 0 Å². The third kappa shape index (κ3) is 2.51. The Bertz CT molecular complexity index is 462. The summed E-state index contributed by atoms with van der Waals surface area (Å²) in [5.74, 6) is -1.36. The minimum atomic E-state index is -0.680. The molecule has 1 N–H and O–H groups in total. The third-order valence-corrected chi connectivity index (χ3v) is 3.09. The highest BCUT2D eigenvalue weighted by atomic mass is 35.5. The molecule has 0 aliphatic carbocycles. The highest BCUT2D eigenvalue weighted by Crippen LogP contribution is 2.26. The molecule has 0 saturated carbocycles. The summed E-state index contributed by atoms with van der Waals surface area (Å²) in [4.78, 5) is 0. The molecule has 0 atom stereocenters. The minimum absolute atomic E-state index is 0.0488. The van der Waals surface area contributed by atoms with E-state index in [2.05, 4.69) is 5.32 Å². The van der Waals surface area contributed by atoms with Crippen molar-refractivity contribution in [3.8, 4) is 0 Å². The van der Waals surface area contributed by atoms with Crippen molar-refractivity contribution in [2.75, 3.05) is 5.32 Å². The van der Waals surface area contributed by atoms with Gasteiger partial charge in [-0.1, -0.05) is 11.6 Å². The van der Waals surface area contributed by atoms with Gasteiger partial charge in [0.25, 0.3) is 0 Å². The van der Waals surface area contributed by atoms with Crippen LogP contribution in [0.2, 0.25) is 5.02 Å². The van der Waals surface area contributed by atoms with Crippen LogP contribution >= 0.6 is 22.9 Å². The van der Waals surface area contributed by atoms with Gasteiger partial charge in [0.15, 0.2) is 5.82 Å². The van der Waals surface area contributed by atoms with E-state index in [9.17, 15) is 8.78 Å². The van der Waals surface area contributed by atoms with Gasteiger partial charge < -0.3 is 5.32 Å². The van der Waals surface area contributed by atoms with E-state index in [4.69, 9.17) is 11.6 Å². The molecule has 0 aliphatic heterocycles. The van der Waals surface area contributed by atoms with Crippen LogP contribution in [0.5, 0.6) is 0 Å². The van der Waals surface area contributed by atoms with Crippen LogP contribution in [-0.4, -0.2) is 0 Å². The minimum Gasteiger partial charge on any atom is -0.377 e. The van der Waals surface area contributed by atoms with Gasteiger partial charge in [-0.25, -0.2) is 8.78 Å². The monoisotopic (exact) mass is 259 g/mol. The van der Waals surface area contributed by atoms with E-state index in [-0.39, 0.29) is 10.7 Å². The number of thiophene rings is 1. The first-order valence-electron chi connectivity index (χ1n) is 4.56. The number of hydrogen-bond donors (Lipinski definition) is 1. The van der Waals surface area contributed by atoms with Crippen molar-refractivity contribution in [2.24, 2.45) is 0 Å². The molecule has 0 aliphatic rings. The van der Waals surface area contributed by atoms with Crippen LogP contribution in [0.4, 0.5) is 14.5 Å². The standard InChI is InChI=1S/C11H8ClF2NS/c12-9-3-8(13)4-10(14)11(9)15-5-7-1-2-16-6-7/h1-4,6,15H,5H2. The number of halogens is 3. The molecular weight excluding hydrogens is 252 g/mol. The summed E-state index contributed by atoms with van der Waals surface area (Å²) in [6.07, 6.45) is 0. The number of rotatable bonds is 3. The molecule has 0 amide bonds. The first kappa shape index (κ1) is 11.4. The molecule has 1 aromatic heterocycles. The quantitative estimate of drug-likeness (QED) is 0.867. The second kappa shape index (κ2) is 4.80. The molecule has 0 unspecified atom stereocenters. The molecular formula is C11H8ClF2NS. The Balaban J connectivity index is 2.15. The van der Waals surface area contributed by atoms with Crippen molar-refractivity contribution in [2.45, 2.75) is 6.54 Å². The molecule has 1 heterocycles. The van der Waals surface area contributed by atoms with Gasteiger partial charge in [0.05, 0.1) is 10.7 Å². The Labute approximate surface area is 101 Å². The van der Waals surface area contributed by atoms with E-state index in [1.807, 2.05) is 16.8 Å². The highest BCUT2D eigenvalue weighted by Gasteiger charge is 2.09. The summed E-state index contributed by atoms with van der Waals surface area (Å²) in [5.41, 5.74) is 1.17. The molecule has 1 nitrogen and oxygen atoms in total. The lowest BCUT2D eigenvalue weighted by molar-refractivity contribution is 0.585. The maximum atomic E-state index is 13.4. The Hall–Kier alpha value is -1.13. The molecule has 84 valence electrons. The van der Waals surface area contributed by atoms with E-state index in [1.54, 1.807) is 11.3 Å². The fourth-order valence-electron chi connectivity index (χ4n) is 1.29. The van der Waals surface area contributed by atoms with Crippen LogP contribution in [0.1, 0.15) is 5.56 Å². The molecule has 0 radical (unpaired) electrons. The SMILES string of the molecule is Fc1cc(F)c(NCc2ccsc2)c(Cl)c1. The van der Waals surface area contributed by atoms with Crippen LogP contribution in [-0.2, 0) is 6.54 Å². The van der Waals surface area contributed by atoms with Gasteiger partial charge in [-0.2, -0.15) is 11.3 Å². The average molecular weight is 260 g/mol. The topological polar surface area (TPSA) is 12.0 Å². The summed E-state index contributed by atoms with van der Waals surface area (Å²) in [5, 5.41) is 6.77. The summed E-state index contributed by atoms with van der Waals surface area (Å²) in [7, 11) is 0. The summed E-state index contributed by atoms with van der Waals surface area (Å²) >= 11 is 7.29. The van der Waals surface area contributed by atoms with Crippen molar-refractivity contribution in [3.05, 3.63) is 51.2 Å². The molecule has 16 heavy (non-hydrogen) atoms. The molecule has 1 aromatic carbocycles. The predicted octanol–water partition coefficient (Wildman–Crippen LogP) is 4.29. The van der Waals surface area contributed by atoms with Crippen LogP contribution in [0.3, 0.4) is 0 Å². The first-order chi connectivity index (χ1) is 7.66. The summed E-state index contributed by atoms with van der Waals surface area (Å²) < 4.78 is 26.1. The second-order valence-corrected chi connectivity index (χ2v) is 4.42. The molecule has 5 heteroatoms. The van der Waals surface area contributed by atoms with Crippen molar-refractivity contribution in [1.29, 1.82) is 0 Å². The van der Waals surface area contributed by atoms with Crippen LogP contribution in [0.25, 0.3) is 0 Å². The Kier molecular flexibility index (Phi) is 3.41. The number of hydrogen-bond acceptors (Lipinski definition) is 2. The average Bonchev–Trinajstić information content (AvgIpc) is 2.68. The third-order valence-electron chi connectivity index (χ3n) is 2.06. The van der Waals surface area contributed by atoms with Crippen LogP contribution in [0, 0.1) is 11.6 Å². The molecule has 0 fully saturated rings. The number of anilines is 1. The van der Waals surface area contributed by atoms with Crippen LogP contribution < -0.4 is 5.32 Å². The first-order valence-corrected chi connectivity index (χ1v) is 5.88. The summed E-state index contributed by atoms with van der Waals surface area (Å²) in [6.45, 7) is 0.464. The lowest BCUT2D eigenvalue weighted by Crippen LogP contribution is -2.01. The number of benzene rings is 1. The summed E-state index contributed by atoms with van der Waals surface area (Å²) in [6, 6.07) is 3.81. The van der Waals surface area contributed by atoms with E-state index in [0.29, 0.717) is 6.54 Å². The Morgan fingerprint density at radius 1 is 1.31 bits per heavy atom. The number of nitrogens with one attached hydrogen (secondary N) is 1. The van der Waals surface area contributed by atoms with E-state index in [0.717, 1.165) is 17.7 Å². The van der Waals surface area contributed by atoms with Gasteiger partial charge >= 0.3 is 0 Å². The van der Waals surface area contributed by atoms with Crippen molar-refractivity contribution in [1.82, 2.24) is 0 Å². The molecule has 0 saturated heterocycles. The normalized spacial score (nSPS) is 10.4. The van der Waals surface area contributed by atoms with Gasteiger partial charge in [-0.05, 0) is 28.5 Å². The van der Waals surface area contributed by atoms with Gasteiger partial charge in [-0.15, -0.1) is 0 Å². The fourth-order valence-corrected chi connectivity index (χ4v) is 2.22. The predicted molar refractivity (Wildman–Crippen MR) is 63.0 cm³/mol. The molecule has 2 rings (SSSR count). The Morgan fingerprint density at radius 3 is 2.75 bits per heavy atom. The largest absolute Gasteiger partial charge is 0.377 e. The maximum absolute atomic E-state index is 13.4. The smallest absolute Gasteiger partial charge is 0.150 e. The van der Waals surface area contributed by atoms with Gasteiger partial charge in [-0.3, -0.25) is 0 Å². The fraction of sp³-hybridized carbons (Fsp3) is 0.0909. The van der Waals surface area contributed by atoms with Gasteiger partial charge in [0.2, 0.25) is 0 Å². The lowest BCUT2D eigenvalue weighted by Gasteiger charge is -2.08. The molecule has 0 bridgehead atoms. The molecule has 2 aromatic rings. The van der Waals surface area contributed by atoms with E-state index >= 15 is 0 Å².